The van der Waals surface area contributed by atoms with E-state index in [-0.39, 0.29) is 5.78 Å². The highest BCUT2D eigenvalue weighted by Gasteiger charge is 2.29. The van der Waals surface area contributed by atoms with Crippen molar-refractivity contribution in [2.24, 2.45) is 11.0 Å². The van der Waals surface area contributed by atoms with Gasteiger partial charge < -0.3 is 9.47 Å². The van der Waals surface area contributed by atoms with E-state index in [2.05, 4.69) is 21.0 Å². The maximum atomic E-state index is 13.0. The molecule has 0 spiro atoms. The summed E-state index contributed by atoms with van der Waals surface area (Å²) in [6, 6.07) is 13.3. The number of piperidine rings is 1. The normalized spacial score (nSPS) is 17.4. The molecule has 35 heavy (non-hydrogen) atoms. The average Bonchev–Trinajstić information content (AvgIpc) is 3.18. The van der Waals surface area contributed by atoms with E-state index in [9.17, 15) is 4.79 Å². The van der Waals surface area contributed by atoms with Crippen LogP contribution in [-0.2, 0) is 13.0 Å². The lowest BCUT2D eigenvalue weighted by Gasteiger charge is -2.30. The molecule has 0 radical (unpaired) electrons. The van der Waals surface area contributed by atoms with Crippen LogP contribution in [0, 0.1) is 5.92 Å². The standard InChI is InChI=1S/C27H27N5O3/c1-34-25-13-18-12-19(27(33)22(18)15-26(25)35-2)11-17-7-9-32(10-8-17)16-20-14-24(30-31-28)21-5-3-4-6-23(21)29-20/h3-6,11,13-15,17H,7-10,12,16H2,1-2H3/b19-11+. The van der Waals surface area contributed by atoms with Crippen LogP contribution in [0.15, 0.2) is 59.2 Å². The maximum absolute atomic E-state index is 13.0. The number of hydrogen-bond acceptors (Lipinski definition) is 6. The van der Waals surface area contributed by atoms with Crippen LogP contribution < -0.4 is 9.47 Å². The molecule has 1 aliphatic heterocycles. The van der Waals surface area contributed by atoms with Gasteiger partial charge in [-0.1, -0.05) is 29.4 Å². The SMILES string of the molecule is COc1cc2c(cc1OC)C(=O)/C(=C/C1CCN(Cc3cc(N=[N+]=[N-])c4ccccc4n3)CC1)C2. The van der Waals surface area contributed by atoms with E-state index in [4.69, 9.17) is 20.0 Å². The van der Waals surface area contributed by atoms with E-state index in [1.807, 2.05) is 36.4 Å². The summed E-state index contributed by atoms with van der Waals surface area (Å²) in [5, 5.41) is 4.73. The molecule has 0 atom stereocenters. The van der Waals surface area contributed by atoms with Crippen molar-refractivity contribution in [3.05, 3.63) is 81.4 Å². The third kappa shape index (κ3) is 4.58. The number of carbonyl (C=O) groups is 1. The number of likely N-dealkylation sites (tertiary alicyclic amines) is 1. The molecule has 2 aliphatic rings. The lowest BCUT2D eigenvalue weighted by molar-refractivity contribution is 0.103. The molecule has 3 aromatic rings. The molecule has 0 amide bonds. The first-order chi connectivity index (χ1) is 17.1. The third-order valence-corrected chi connectivity index (χ3v) is 6.88. The topological polar surface area (TPSA) is 100 Å². The number of methoxy groups -OCH3 is 2. The summed E-state index contributed by atoms with van der Waals surface area (Å²) in [7, 11) is 3.19. The number of ether oxygens (including phenoxy) is 2. The number of ketones is 1. The van der Waals surface area contributed by atoms with Crippen molar-refractivity contribution in [2.75, 3.05) is 27.3 Å². The van der Waals surface area contributed by atoms with Crippen LogP contribution in [0.25, 0.3) is 21.3 Å². The Labute approximate surface area is 203 Å². The molecule has 178 valence electrons. The number of benzene rings is 2. The van der Waals surface area contributed by atoms with Gasteiger partial charge in [0.25, 0.3) is 0 Å². The molecule has 0 bridgehead atoms. The fourth-order valence-corrected chi connectivity index (χ4v) is 5.09. The highest BCUT2D eigenvalue weighted by Crippen LogP contribution is 2.37. The zero-order valence-electron chi connectivity index (χ0n) is 19.9. The van der Waals surface area contributed by atoms with Gasteiger partial charge in [-0.05, 0) is 67.2 Å². The Morgan fingerprint density at radius 2 is 1.89 bits per heavy atom. The van der Waals surface area contributed by atoms with Gasteiger partial charge in [-0.15, -0.1) is 0 Å². The predicted molar refractivity (Wildman–Crippen MR) is 134 cm³/mol. The molecule has 0 unspecified atom stereocenters. The molecule has 1 aliphatic carbocycles. The first-order valence-electron chi connectivity index (χ1n) is 11.8. The summed E-state index contributed by atoms with van der Waals surface area (Å²) >= 11 is 0. The molecular formula is C27H27N5O3. The predicted octanol–water partition coefficient (Wildman–Crippen LogP) is 5.77. The fourth-order valence-electron chi connectivity index (χ4n) is 5.09. The van der Waals surface area contributed by atoms with Crippen LogP contribution in [0.5, 0.6) is 11.5 Å². The molecule has 1 saturated heterocycles. The number of nitrogens with zero attached hydrogens (tertiary/aromatic N) is 5. The van der Waals surface area contributed by atoms with Crippen molar-refractivity contribution >= 4 is 22.4 Å². The number of Topliss-reactive ketones (excluding diaryl/α,β-unsaturated/α-hetero) is 1. The molecule has 1 aromatic heterocycles. The third-order valence-electron chi connectivity index (χ3n) is 6.88. The van der Waals surface area contributed by atoms with Gasteiger partial charge in [-0.25, -0.2) is 0 Å². The number of para-hydroxylation sites is 1. The smallest absolute Gasteiger partial charge is 0.189 e. The van der Waals surface area contributed by atoms with Gasteiger partial charge in [0, 0.05) is 40.1 Å². The van der Waals surface area contributed by atoms with Crippen LogP contribution in [0.1, 0.15) is 34.5 Å². The molecule has 8 heteroatoms. The van der Waals surface area contributed by atoms with Crippen molar-refractivity contribution in [1.29, 1.82) is 0 Å². The maximum Gasteiger partial charge on any atom is 0.189 e. The summed E-state index contributed by atoms with van der Waals surface area (Å²) in [5.74, 6) is 1.69. The van der Waals surface area contributed by atoms with Crippen molar-refractivity contribution in [3.63, 3.8) is 0 Å². The number of aromatic nitrogens is 1. The van der Waals surface area contributed by atoms with Gasteiger partial charge in [0.15, 0.2) is 17.3 Å². The first kappa shape index (κ1) is 22.9. The summed E-state index contributed by atoms with van der Waals surface area (Å²) < 4.78 is 10.8. The summed E-state index contributed by atoms with van der Waals surface area (Å²) in [4.78, 5) is 23.1. The van der Waals surface area contributed by atoms with Gasteiger partial charge in [0.1, 0.15) is 0 Å². The lowest BCUT2D eigenvalue weighted by atomic mass is 9.93. The van der Waals surface area contributed by atoms with Crippen molar-refractivity contribution in [1.82, 2.24) is 9.88 Å². The summed E-state index contributed by atoms with van der Waals surface area (Å²) in [6.07, 6.45) is 4.78. The number of pyridine rings is 1. The van der Waals surface area contributed by atoms with E-state index < -0.39 is 0 Å². The van der Waals surface area contributed by atoms with Gasteiger partial charge in [-0.3, -0.25) is 14.7 Å². The number of allylic oxidation sites excluding steroid dienone is 2. The molecule has 2 aromatic carbocycles. The average molecular weight is 470 g/mol. The van der Waals surface area contributed by atoms with Crippen molar-refractivity contribution in [3.8, 4) is 11.5 Å². The second-order valence-electron chi connectivity index (χ2n) is 9.02. The minimum atomic E-state index is 0.0920. The lowest BCUT2D eigenvalue weighted by Crippen LogP contribution is -2.33. The highest BCUT2D eigenvalue weighted by molar-refractivity contribution is 6.13. The van der Waals surface area contributed by atoms with Crippen LogP contribution >= 0.6 is 0 Å². The quantitative estimate of drug-likeness (QED) is 0.197. The van der Waals surface area contributed by atoms with E-state index in [0.717, 1.165) is 53.7 Å². The van der Waals surface area contributed by atoms with Crippen LogP contribution in [-0.4, -0.2) is 43.0 Å². The molecule has 8 nitrogen and oxygen atoms in total. The number of azide groups is 1. The highest BCUT2D eigenvalue weighted by atomic mass is 16.5. The second-order valence-corrected chi connectivity index (χ2v) is 9.02. The second kappa shape index (κ2) is 9.78. The minimum Gasteiger partial charge on any atom is -0.493 e. The van der Waals surface area contributed by atoms with Gasteiger partial charge in [-0.2, -0.15) is 0 Å². The summed E-state index contributed by atoms with van der Waals surface area (Å²) in [5.41, 5.74) is 13.9. The van der Waals surface area contributed by atoms with Gasteiger partial charge in [0.2, 0.25) is 0 Å². The van der Waals surface area contributed by atoms with Crippen LogP contribution in [0.2, 0.25) is 0 Å². The Hall–Kier alpha value is -3.87. The zero-order valence-corrected chi connectivity index (χ0v) is 19.9. The van der Waals surface area contributed by atoms with Crippen LogP contribution in [0.3, 0.4) is 0 Å². The fraction of sp³-hybridized carbons (Fsp3) is 0.333. The first-order valence-corrected chi connectivity index (χ1v) is 11.8. The molecule has 0 N–H and O–H groups in total. The molecular weight excluding hydrogens is 442 g/mol. The van der Waals surface area contributed by atoms with E-state index >= 15 is 0 Å². The molecule has 0 saturated carbocycles. The van der Waals surface area contributed by atoms with Crippen molar-refractivity contribution < 1.29 is 14.3 Å². The number of hydrogen-bond donors (Lipinski definition) is 0. The van der Waals surface area contributed by atoms with E-state index in [1.165, 1.54) is 0 Å². The number of rotatable bonds is 6. The van der Waals surface area contributed by atoms with Gasteiger partial charge >= 0.3 is 0 Å². The molecule has 1 fully saturated rings. The van der Waals surface area contributed by atoms with Crippen LogP contribution in [0.4, 0.5) is 5.69 Å². The van der Waals surface area contributed by atoms with Gasteiger partial charge in [0.05, 0.1) is 25.4 Å². The Kier molecular flexibility index (Phi) is 6.40. The zero-order chi connectivity index (χ0) is 24.4. The Morgan fingerprint density at radius 3 is 2.63 bits per heavy atom. The van der Waals surface area contributed by atoms with Crippen molar-refractivity contribution in [2.45, 2.75) is 25.8 Å². The van der Waals surface area contributed by atoms with E-state index in [0.29, 0.717) is 41.6 Å². The number of carbonyl (C=O) groups excluding carboxylic acids is 1. The minimum absolute atomic E-state index is 0.0920. The monoisotopic (exact) mass is 469 g/mol. The largest absolute Gasteiger partial charge is 0.493 e. The van der Waals surface area contributed by atoms with E-state index in [1.54, 1.807) is 20.3 Å². The molecule has 5 rings (SSSR count). The Balaban J connectivity index is 1.26. The number of fused-ring (bicyclic) bond motifs is 2. The molecule has 2 heterocycles. The Morgan fingerprint density at radius 1 is 1.14 bits per heavy atom. The Bertz CT molecular complexity index is 1370. The summed E-state index contributed by atoms with van der Waals surface area (Å²) in [6.45, 7) is 2.54.